The fraction of sp³-hybridized carbons (Fsp3) is 0. The zero-order valence-corrected chi connectivity index (χ0v) is 20.2. The monoisotopic (exact) mass is 491 g/mol. The Morgan fingerprint density at radius 1 is 0.684 bits per heavy atom. The molecule has 0 bridgehead atoms. The first-order valence-corrected chi connectivity index (χ1v) is 12.3. The summed E-state index contributed by atoms with van der Waals surface area (Å²) in [5.74, 6) is 0.651. The number of anilines is 1. The van der Waals surface area contributed by atoms with E-state index in [-0.39, 0.29) is 5.78 Å². The van der Waals surface area contributed by atoms with Gasteiger partial charge in [-0.3, -0.25) is 10.2 Å². The molecule has 0 radical (unpaired) electrons. The lowest BCUT2D eigenvalue weighted by atomic mass is 9.95. The highest BCUT2D eigenvalue weighted by Crippen LogP contribution is 2.34. The molecule has 6 aromatic rings. The number of aromatic nitrogens is 3. The molecule has 0 fully saturated rings. The van der Waals surface area contributed by atoms with Gasteiger partial charge in [0.25, 0.3) is 0 Å². The fourth-order valence-electron chi connectivity index (χ4n) is 4.86. The van der Waals surface area contributed by atoms with E-state index in [1.165, 1.54) is 0 Å². The number of carbonyl (C=O) groups is 1. The van der Waals surface area contributed by atoms with Crippen molar-refractivity contribution in [1.29, 1.82) is 0 Å². The normalized spacial score (nSPS) is 13.8. The van der Waals surface area contributed by atoms with Crippen LogP contribution in [0.25, 0.3) is 50.7 Å². The number of aromatic amines is 1. The van der Waals surface area contributed by atoms with Crippen LogP contribution in [0.5, 0.6) is 0 Å². The molecular weight excluding hydrogens is 470 g/mol. The minimum absolute atomic E-state index is 0.135. The van der Waals surface area contributed by atoms with Crippen LogP contribution in [-0.4, -0.2) is 26.4 Å². The molecular formula is C32H21N5O. The van der Waals surface area contributed by atoms with E-state index in [1.54, 1.807) is 6.08 Å². The van der Waals surface area contributed by atoms with Gasteiger partial charge in [0.15, 0.2) is 0 Å². The Balaban J connectivity index is 1.35. The Hall–Kier alpha value is -5.36. The average molecular weight is 492 g/mol. The zero-order valence-electron chi connectivity index (χ0n) is 20.2. The highest BCUT2D eigenvalue weighted by atomic mass is 16.1. The maximum absolute atomic E-state index is 12.7. The summed E-state index contributed by atoms with van der Waals surface area (Å²) in [5, 5.41) is 5.56. The van der Waals surface area contributed by atoms with Gasteiger partial charge < -0.3 is 4.98 Å². The molecule has 38 heavy (non-hydrogen) atoms. The number of fused-ring (bicyclic) bond motifs is 3. The maximum atomic E-state index is 12.7. The van der Waals surface area contributed by atoms with E-state index in [0.29, 0.717) is 5.71 Å². The molecule has 1 aliphatic rings. The van der Waals surface area contributed by atoms with E-state index in [0.717, 1.165) is 61.4 Å². The number of ketones is 1. The van der Waals surface area contributed by atoms with Gasteiger partial charge in [-0.25, -0.2) is 9.97 Å². The number of rotatable bonds is 4. The molecule has 0 amide bonds. The number of allylic oxidation sites excluding steroid dienone is 1. The largest absolute Gasteiger partial charge is 0.338 e. The van der Waals surface area contributed by atoms with Gasteiger partial charge in [0.1, 0.15) is 11.5 Å². The third kappa shape index (κ3) is 3.76. The molecule has 2 aromatic heterocycles. The van der Waals surface area contributed by atoms with Crippen molar-refractivity contribution >= 4 is 45.2 Å². The maximum Gasteiger partial charge on any atom is 0.206 e. The SMILES string of the molecule is O=C1C=Cc2ccccc2C1=NNc1ccccc1-c1cc(-c2nc3ccccc3[nH]2)c2ccccc2n1. The van der Waals surface area contributed by atoms with Crippen LogP contribution in [0.2, 0.25) is 0 Å². The van der Waals surface area contributed by atoms with Crippen molar-refractivity contribution in [3.8, 4) is 22.6 Å². The second-order valence-corrected chi connectivity index (χ2v) is 9.08. The predicted octanol–water partition coefficient (Wildman–Crippen LogP) is 6.86. The van der Waals surface area contributed by atoms with E-state index in [4.69, 9.17) is 9.97 Å². The van der Waals surface area contributed by atoms with Crippen LogP contribution in [0.3, 0.4) is 0 Å². The molecule has 0 atom stereocenters. The Labute approximate surface area is 218 Å². The number of hydrogen-bond acceptors (Lipinski definition) is 5. The molecule has 180 valence electrons. The van der Waals surface area contributed by atoms with E-state index < -0.39 is 0 Å². The predicted molar refractivity (Wildman–Crippen MR) is 153 cm³/mol. The summed E-state index contributed by atoms with van der Waals surface area (Å²) >= 11 is 0. The van der Waals surface area contributed by atoms with E-state index in [2.05, 4.69) is 27.6 Å². The van der Waals surface area contributed by atoms with Crippen molar-refractivity contribution in [1.82, 2.24) is 15.0 Å². The van der Waals surface area contributed by atoms with Gasteiger partial charge in [-0.15, -0.1) is 0 Å². The van der Waals surface area contributed by atoms with Crippen LogP contribution in [0, 0.1) is 0 Å². The Morgan fingerprint density at radius 2 is 1.42 bits per heavy atom. The van der Waals surface area contributed by atoms with Crippen molar-refractivity contribution in [2.24, 2.45) is 5.10 Å². The van der Waals surface area contributed by atoms with Crippen molar-refractivity contribution in [3.63, 3.8) is 0 Å². The number of para-hydroxylation sites is 4. The van der Waals surface area contributed by atoms with Gasteiger partial charge >= 0.3 is 0 Å². The van der Waals surface area contributed by atoms with Crippen molar-refractivity contribution in [2.75, 3.05) is 5.43 Å². The second-order valence-electron chi connectivity index (χ2n) is 9.08. The number of nitrogens with one attached hydrogen (secondary N) is 2. The lowest BCUT2D eigenvalue weighted by molar-refractivity contribution is -0.108. The van der Waals surface area contributed by atoms with E-state index in [9.17, 15) is 4.79 Å². The zero-order chi connectivity index (χ0) is 25.5. The summed E-state index contributed by atoms with van der Waals surface area (Å²) < 4.78 is 0. The van der Waals surface area contributed by atoms with E-state index >= 15 is 0 Å². The van der Waals surface area contributed by atoms with Crippen LogP contribution in [0.15, 0.2) is 114 Å². The van der Waals surface area contributed by atoms with Crippen molar-refractivity contribution in [2.45, 2.75) is 0 Å². The van der Waals surface area contributed by atoms with Gasteiger partial charge in [0.2, 0.25) is 5.78 Å². The van der Waals surface area contributed by atoms with E-state index in [1.807, 2.05) is 97.1 Å². The lowest BCUT2D eigenvalue weighted by Gasteiger charge is -2.14. The van der Waals surface area contributed by atoms with Crippen molar-refractivity contribution in [3.05, 3.63) is 120 Å². The molecule has 6 nitrogen and oxygen atoms in total. The highest BCUT2D eigenvalue weighted by molar-refractivity contribution is 6.52. The second kappa shape index (κ2) is 8.94. The summed E-state index contributed by atoms with van der Waals surface area (Å²) in [6, 6.07) is 33.7. The minimum atomic E-state index is -0.135. The lowest BCUT2D eigenvalue weighted by Crippen LogP contribution is -2.19. The molecule has 0 saturated heterocycles. The molecule has 0 saturated carbocycles. The number of pyridine rings is 1. The number of nitrogens with zero attached hydrogens (tertiary/aromatic N) is 3. The number of imidazole rings is 1. The molecule has 1 aliphatic carbocycles. The van der Waals surface area contributed by atoms with Gasteiger partial charge in [0, 0.05) is 22.1 Å². The number of benzene rings is 4. The first-order valence-electron chi connectivity index (χ1n) is 12.3. The van der Waals surface area contributed by atoms with Gasteiger partial charge in [-0.1, -0.05) is 78.9 Å². The van der Waals surface area contributed by atoms with Crippen LogP contribution in [0.1, 0.15) is 11.1 Å². The van der Waals surface area contributed by atoms with Crippen LogP contribution in [-0.2, 0) is 4.79 Å². The molecule has 4 aromatic carbocycles. The number of hydrogen-bond donors (Lipinski definition) is 2. The molecule has 6 heteroatoms. The Kier molecular flexibility index (Phi) is 5.15. The first-order chi connectivity index (χ1) is 18.7. The highest BCUT2D eigenvalue weighted by Gasteiger charge is 2.19. The quantitative estimate of drug-likeness (QED) is 0.264. The third-order valence-electron chi connectivity index (χ3n) is 6.72. The standard InChI is InChI=1S/C32H21N5O/c38-30-18-17-20-9-1-2-10-21(20)31(30)37-36-26-14-6-4-12-23(26)29-19-24(22-11-3-5-13-25(22)33-29)32-34-27-15-7-8-16-28(27)35-32/h1-19,36H,(H,34,35). The van der Waals surface area contributed by atoms with Gasteiger partial charge in [-0.2, -0.15) is 5.10 Å². The smallest absolute Gasteiger partial charge is 0.206 e. The molecule has 2 N–H and O–H groups in total. The van der Waals surface area contributed by atoms with Crippen LogP contribution in [0.4, 0.5) is 5.69 Å². The topological polar surface area (TPSA) is 83.0 Å². The van der Waals surface area contributed by atoms with Crippen molar-refractivity contribution < 1.29 is 4.79 Å². The molecule has 0 aliphatic heterocycles. The first kappa shape index (κ1) is 21.9. The summed E-state index contributed by atoms with van der Waals surface area (Å²) in [6.07, 6.45) is 3.38. The average Bonchev–Trinajstić information content (AvgIpc) is 3.40. The molecule has 7 rings (SSSR count). The van der Waals surface area contributed by atoms with Crippen LogP contribution < -0.4 is 5.43 Å². The fourth-order valence-corrected chi connectivity index (χ4v) is 4.86. The number of hydrazone groups is 1. The Morgan fingerprint density at radius 3 is 2.32 bits per heavy atom. The summed E-state index contributed by atoms with van der Waals surface area (Å²) in [4.78, 5) is 26.0. The summed E-state index contributed by atoms with van der Waals surface area (Å²) in [7, 11) is 0. The summed E-state index contributed by atoms with van der Waals surface area (Å²) in [5.41, 5.74) is 11.4. The minimum Gasteiger partial charge on any atom is -0.338 e. The molecule has 2 heterocycles. The summed E-state index contributed by atoms with van der Waals surface area (Å²) in [6.45, 7) is 0. The Bertz CT molecular complexity index is 1900. The van der Waals surface area contributed by atoms with Gasteiger partial charge in [-0.05, 0) is 42.0 Å². The van der Waals surface area contributed by atoms with Gasteiger partial charge in [0.05, 0.1) is 27.9 Å². The number of H-pyrrole nitrogens is 1. The molecule has 0 spiro atoms. The number of carbonyl (C=O) groups excluding carboxylic acids is 1. The van der Waals surface area contributed by atoms with Crippen LogP contribution >= 0.6 is 0 Å². The third-order valence-corrected chi connectivity index (χ3v) is 6.72. The molecule has 0 unspecified atom stereocenters.